The molecule has 1 nitrogen and oxygen atoms in total. The van der Waals surface area contributed by atoms with Crippen molar-refractivity contribution in [2.45, 2.75) is 58.5 Å². The van der Waals surface area contributed by atoms with E-state index in [0.29, 0.717) is 0 Å². The van der Waals surface area contributed by atoms with E-state index in [1.165, 1.54) is 43.3 Å². The molecule has 0 bridgehead atoms. The summed E-state index contributed by atoms with van der Waals surface area (Å²) in [5, 5.41) is 0. The van der Waals surface area contributed by atoms with E-state index in [0.717, 1.165) is 18.3 Å². The molecule has 0 N–H and O–H groups in total. The van der Waals surface area contributed by atoms with E-state index in [1.54, 1.807) is 0 Å². The lowest BCUT2D eigenvalue weighted by atomic mass is 10.0. The highest BCUT2D eigenvalue weighted by Gasteiger charge is 2.08. The van der Waals surface area contributed by atoms with Crippen LogP contribution in [-0.2, 0) is 6.04 Å². The van der Waals surface area contributed by atoms with Gasteiger partial charge in [0.2, 0.25) is 0 Å². The molecule has 0 fully saturated rings. The van der Waals surface area contributed by atoms with Crippen LogP contribution in [0.1, 0.15) is 52.0 Å². The molecule has 0 radical (unpaired) electrons. The first-order chi connectivity index (χ1) is 9.31. The molecule has 0 aliphatic rings. The lowest BCUT2D eigenvalue weighted by Crippen LogP contribution is -2.12. The number of benzene rings is 1. The van der Waals surface area contributed by atoms with Crippen LogP contribution in [0.5, 0.6) is 5.75 Å². The fraction of sp³-hybridized carbons (Fsp3) is 0.647. The standard InChI is InChI=1S/C17H30OSi/c1-4-7-10-15(5-2)13-18-17-12-9-8-11-16(17)14-19-6-3/h8-9,11-12,15H,4-7,10,13-14,19H2,1-3H3. The zero-order valence-electron chi connectivity index (χ0n) is 13.0. The van der Waals surface area contributed by atoms with Crippen molar-refractivity contribution in [1.29, 1.82) is 0 Å². The van der Waals surface area contributed by atoms with E-state index < -0.39 is 0 Å². The van der Waals surface area contributed by atoms with Gasteiger partial charge >= 0.3 is 0 Å². The number of unbranched alkanes of at least 4 members (excludes halogenated alkanes) is 1. The monoisotopic (exact) mass is 278 g/mol. The first-order valence-corrected chi connectivity index (χ1v) is 10.0. The molecule has 0 aliphatic carbocycles. The number of hydrogen-bond acceptors (Lipinski definition) is 1. The van der Waals surface area contributed by atoms with Crippen molar-refractivity contribution in [3.63, 3.8) is 0 Å². The van der Waals surface area contributed by atoms with Crippen molar-refractivity contribution in [3.05, 3.63) is 29.8 Å². The van der Waals surface area contributed by atoms with Crippen LogP contribution in [0.3, 0.4) is 0 Å². The van der Waals surface area contributed by atoms with Crippen molar-refractivity contribution in [2.75, 3.05) is 6.61 Å². The van der Waals surface area contributed by atoms with Crippen molar-refractivity contribution < 1.29 is 4.74 Å². The number of ether oxygens (including phenoxy) is 1. The average molecular weight is 279 g/mol. The van der Waals surface area contributed by atoms with E-state index >= 15 is 0 Å². The van der Waals surface area contributed by atoms with Crippen molar-refractivity contribution in [3.8, 4) is 5.75 Å². The zero-order chi connectivity index (χ0) is 13.9. The summed E-state index contributed by atoms with van der Waals surface area (Å²) >= 11 is 0. The Bertz CT molecular complexity index is 338. The Balaban J connectivity index is 2.50. The highest BCUT2D eigenvalue weighted by molar-refractivity contribution is 6.34. The molecule has 1 unspecified atom stereocenters. The van der Waals surface area contributed by atoms with Crippen molar-refractivity contribution in [2.24, 2.45) is 5.92 Å². The van der Waals surface area contributed by atoms with Gasteiger partial charge in [0.25, 0.3) is 0 Å². The Labute approximate surface area is 121 Å². The van der Waals surface area contributed by atoms with E-state index in [2.05, 4.69) is 45.0 Å². The number of rotatable bonds is 10. The molecular weight excluding hydrogens is 248 g/mol. The second-order valence-electron chi connectivity index (χ2n) is 5.44. The maximum Gasteiger partial charge on any atom is 0.122 e. The third-order valence-corrected chi connectivity index (χ3v) is 5.39. The number of para-hydroxylation sites is 1. The van der Waals surface area contributed by atoms with Gasteiger partial charge in [0.1, 0.15) is 5.75 Å². The molecule has 0 amide bonds. The van der Waals surface area contributed by atoms with Crippen molar-refractivity contribution >= 4 is 9.52 Å². The predicted octanol–water partition coefficient (Wildman–Crippen LogP) is 4.39. The van der Waals surface area contributed by atoms with Crippen molar-refractivity contribution in [1.82, 2.24) is 0 Å². The van der Waals surface area contributed by atoms with E-state index in [-0.39, 0.29) is 9.52 Å². The maximum absolute atomic E-state index is 6.11. The van der Waals surface area contributed by atoms with Gasteiger partial charge in [-0.15, -0.1) is 0 Å². The summed E-state index contributed by atoms with van der Waals surface area (Å²) in [6.45, 7) is 7.73. The minimum absolute atomic E-state index is 0.0671. The summed E-state index contributed by atoms with van der Waals surface area (Å²) in [6, 6.07) is 11.3. The number of hydrogen-bond donors (Lipinski definition) is 0. The van der Waals surface area contributed by atoms with Crippen LogP contribution < -0.4 is 4.74 Å². The summed E-state index contributed by atoms with van der Waals surface area (Å²) in [7, 11) is 0.0671. The minimum Gasteiger partial charge on any atom is -0.493 e. The zero-order valence-corrected chi connectivity index (χ0v) is 14.4. The summed E-state index contributed by atoms with van der Waals surface area (Å²) in [6.07, 6.45) is 5.15. The normalized spacial score (nSPS) is 13.0. The summed E-state index contributed by atoms with van der Waals surface area (Å²) in [5.41, 5.74) is 1.43. The molecule has 108 valence electrons. The second kappa shape index (κ2) is 10.1. The highest BCUT2D eigenvalue weighted by Crippen LogP contribution is 2.21. The predicted molar refractivity (Wildman–Crippen MR) is 88.0 cm³/mol. The molecule has 0 aliphatic heterocycles. The van der Waals surface area contributed by atoms with Gasteiger partial charge in [-0.3, -0.25) is 0 Å². The fourth-order valence-corrected chi connectivity index (χ4v) is 3.47. The molecule has 0 saturated heterocycles. The van der Waals surface area contributed by atoms with Gasteiger partial charge in [-0.1, -0.05) is 64.3 Å². The van der Waals surface area contributed by atoms with Crippen LogP contribution in [0.2, 0.25) is 6.04 Å². The van der Waals surface area contributed by atoms with Crippen LogP contribution in [0.25, 0.3) is 0 Å². The van der Waals surface area contributed by atoms with E-state index in [9.17, 15) is 0 Å². The molecule has 0 spiro atoms. The molecule has 0 heterocycles. The third-order valence-electron chi connectivity index (χ3n) is 3.79. The fourth-order valence-electron chi connectivity index (χ4n) is 2.32. The molecule has 1 atom stereocenters. The smallest absolute Gasteiger partial charge is 0.122 e. The second-order valence-corrected chi connectivity index (χ2v) is 7.65. The van der Waals surface area contributed by atoms with Crippen LogP contribution in [0.4, 0.5) is 0 Å². The molecule has 1 rings (SSSR count). The van der Waals surface area contributed by atoms with Crippen LogP contribution >= 0.6 is 0 Å². The highest BCUT2D eigenvalue weighted by atomic mass is 28.2. The van der Waals surface area contributed by atoms with Gasteiger partial charge in [-0.05, 0) is 30.0 Å². The quantitative estimate of drug-likeness (QED) is 0.577. The maximum atomic E-state index is 6.11. The van der Waals surface area contributed by atoms with E-state index in [1.807, 2.05) is 0 Å². The van der Waals surface area contributed by atoms with Gasteiger partial charge < -0.3 is 4.74 Å². The molecule has 0 aromatic heterocycles. The third kappa shape index (κ3) is 6.28. The summed E-state index contributed by atoms with van der Waals surface area (Å²) in [4.78, 5) is 0. The molecular formula is C17H30OSi. The van der Waals surface area contributed by atoms with Gasteiger partial charge in [-0.25, -0.2) is 0 Å². The summed E-state index contributed by atoms with van der Waals surface area (Å²) in [5.74, 6) is 1.86. The minimum atomic E-state index is 0.0671. The Kier molecular flexibility index (Phi) is 8.64. The summed E-state index contributed by atoms with van der Waals surface area (Å²) < 4.78 is 6.11. The first-order valence-electron chi connectivity index (χ1n) is 8.02. The van der Waals surface area contributed by atoms with Gasteiger partial charge in [0.15, 0.2) is 0 Å². The van der Waals surface area contributed by atoms with E-state index in [4.69, 9.17) is 4.74 Å². The van der Waals surface area contributed by atoms with Crippen LogP contribution in [0.15, 0.2) is 24.3 Å². The Morgan fingerprint density at radius 2 is 1.95 bits per heavy atom. The Morgan fingerprint density at radius 3 is 2.63 bits per heavy atom. The first kappa shape index (κ1) is 16.3. The Hall–Kier alpha value is -0.763. The van der Waals surface area contributed by atoms with Gasteiger partial charge in [-0.2, -0.15) is 0 Å². The lowest BCUT2D eigenvalue weighted by Gasteiger charge is -2.17. The molecule has 19 heavy (non-hydrogen) atoms. The molecule has 0 saturated carbocycles. The SMILES string of the molecule is CCCCC(CC)COc1ccccc1C[SiH2]CC. The Morgan fingerprint density at radius 1 is 1.16 bits per heavy atom. The van der Waals surface area contributed by atoms with Gasteiger partial charge in [0, 0.05) is 9.52 Å². The van der Waals surface area contributed by atoms with Crippen LogP contribution in [0, 0.1) is 5.92 Å². The van der Waals surface area contributed by atoms with Gasteiger partial charge in [0.05, 0.1) is 6.61 Å². The average Bonchev–Trinajstić information content (AvgIpc) is 2.46. The topological polar surface area (TPSA) is 9.23 Å². The molecule has 2 heteroatoms. The molecule has 1 aromatic rings. The molecule has 1 aromatic carbocycles. The largest absolute Gasteiger partial charge is 0.493 e. The van der Waals surface area contributed by atoms with Crippen LogP contribution in [-0.4, -0.2) is 16.1 Å². The lowest BCUT2D eigenvalue weighted by molar-refractivity contribution is 0.232.